The van der Waals surface area contributed by atoms with Crippen LogP contribution in [-0.4, -0.2) is 51.3 Å². The van der Waals surface area contributed by atoms with Crippen LogP contribution in [0.3, 0.4) is 0 Å². The first-order valence-corrected chi connectivity index (χ1v) is 12.0. The Labute approximate surface area is 202 Å². The molecule has 0 aliphatic carbocycles. The molecule has 2 aliphatic rings. The Kier molecular flexibility index (Phi) is 6.30. The number of thioether (sulfide) groups is 1. The summed E-state index contributed by atoms with van der Waals surface area (Å²) in [6, 6.07) is 17.7. The molecule has 2 saturated heterocycles. The number of rotatable bonds is 6. The van der Waals surface area contributed by atoms with Gasteiger partial charge < -0.3 is 9.47 Å². The van der Waals surface area contributed by atoms with E-state index < -0.39 is 0 Å². The van der Waals surface area contributed by atoms with Crippen LogP contribution in [0.15, 0.2) is 65.7 Å². The van der Waals surface area contributed by atoms with Crippen molar-refractivity contribution in [3.8, 4) is 22.7 Å². The number of nitrogens with zero attached hydrogens (tertiary/aromatic N) is 3. The average Bonchev–Trinajstić information content (AvgIpc) is 3.57. The highest BCUT2D eigenvalue weighted by molar-refractivity contribution is 8.26. The number of benzene rings is 2. The molecule has 3 aromatic rings. The van der Waals surface area contributed by atoms with Gasteiger partial charge in [-0.25, -0.2) is 4.68 Å². The summed E-state index contributed by atoms with van der Waals surface area (Å²) in [5.41, 5.74) is 3.51. The lowest BCUT2D eigenvalue weighted by atomic mass is 10.1. The van der Waals surface area contributed by atoms with Crippen LogP contribution in [-0.2, 0) is 9.53 Å². The van der Waals surface area contributed by atoms with E-state index in [9.17, 15) is 4.79 Å². The van der Waals surface area contributed by atoms with E-state index in [1.54, 1.807) is 12.0 Å². The molecule has 1 unspecified atom stereocenters. The van der Waals surface area contributed by atoms with Crippen molar-refractivity contribution in [3.63, 3.8) is 0 Å². The Morgan fingerprint density at radius 1 is 1.21 bits per heavy atom. The Morgan fingerprint density at radius 2 is 2.00 bits per heavy atom. The summed E-state index contributed by atoms with van der Waals surface area (Å²) in [6.07, 6.45) is 5.88. The van der Waals surface area contributed by atoms with Gasteiger partial charge in [0.15, 0.2) is 0 Å². The highest BCUT2D eigenvalue weighted by Gasteiger charge is 2.35. The van der Waals surface area contributed by atoms with E-state index in [-0.39, 0.29) is 12.0 Å². The third-order valence-electron chi connectivity index (χ3n) is 5.70. The van der Waals surface area contributed by atoms with Crippen molar-refractivity contribution in [2.45, 2.75) is 18.9 Å². The zero-order valence-corrected chi connectivity index (χ0v) is 19.8. The predicted octanol–water partition coefficient (Wildman–Crippen LogP) is 4.93. The van der Waals surface area contributed by atoms with Gasteiger partial charge in [-0.05, 0) is 55.3 Å². The van der Waals surface area contributed by atoms with Gasteiger partial charge in [-0.2, -0.15) is 5.10 Å². The van der Waals surface area contributed by atoms with Crippen molar-refractivity contribution >= 4 is 40.3 Å². The van der Waals surface area contributed by atoms with E-state index in [1.165, 1.54) is 11.8 Å². The van der Waals surface area contributed by atoms with Crippen molar-refractivity contribution in [2.75, 3.05) is 20.3 Å². The first kappa shape index (κ1) is 21.9. The maximum absolute atomic E-state index is 13.2. The lowest BCUT2D eigenvalue weighted by Crippen LogP contribution is -2.35. The predicted molar refractivity (Wildman–Crippen MR) is 134 cm³/mol. The molecule has 168 valence electrons. The van der Waals surface area contributed by atoms with Crippen molar-refractivity contribution in [1.82, 2.24) is 14.7 Å². The molecule has 1 atom stereocenters. The van der Waals surface area contributed by atoms with Crippen LogP contribution in [0.1, 0.15) is 18.4 Å². The molecule has 2 aromatic carbocycles. The number of methoxy groups -OCH3 is 1. The smallest absolute Gasteiger partial charge is 0.266 e. The van der Waals surface area contributed by atoms with Gasteiger partial charge in [0.05, 0.1) is 36.0 Å². The Morgan fingerprint density at radius 3 is 2.70 bits per heavy atom. The molecule has 5 rings (SSSR count). The molecular formula is C25H23N3O3S2. The van der Waals surface area contributed by atoms with Gasteiger partial charge in [0, 0.05) is 23.9 Å². The topological polar surface area (TPSA) is 56.6 Å². The van der Waals surface area contributed by atoms with Gasteiger partial charge in [0.1, 0.15) is 10.1 Å². The van der Waals surface area contributed by atoms with Gasteiger partial charge in [-0.15, -0.1) is 0 Å². The summed E-state index contributed by atoms with van der Waals surface area (Å²) in [4.78, 5) is 15.4. The van der Waals surface area contributed by atoms with Crippen molar-refractivity contribution in [1.29, 1.82) is 0 Å². The molecule has 2 aliphatic heterocycles. The van der Waals surface area contributed by atoms with E-state index in [0.717, 1.165) is 47.7 Å². The summed E-state index contributed by atoms with van der Waals surface area (Å²) >= 11 is 6.85. The normalized spacial score (nSPS) is 19.6. The van der Waals surface area contributed by atoms with Crippen LogP contribution in [0.25, 0.3) is 23.0 Å². The number of aromatic nitrogens is 2. The van der Waals surface area contributed by atoms with Crippen molar-refractivity contribution in [3.05, 3.63) is 71.3 Å². The second-order valence-corrected chi connectivity index (χ2v) is 9.54. The summed E-state index contributed by atoms with van der Waals surface area (Å²) in [5.74, 6) is 0.700. The fourth-order valence-electron chi connectivity index (χ4n) is 3.97. The number of hydrogen-bond acceptors (Lipinski definition) is 6. The van der Waals surface area contributed by atoms with Crippen LogP contribution in [0, 0.1) is 0 Å². The molecule has 2 fully saturated rings. The lowest BCUT2D eigenvalue weighted by Gasteiger charge is -2.18. The highest BCUT2D eigenvalue weighted by Crippen LogP contribution is 2.35. The molecule has 8 heteroatoms. The molecule has 1 amide bonds. The minimum absolute atomic E-state index is 0.0579. The minimum atomic E-state index is -0.0753. The Hall–Kier alpha value is -2.94. The number of ether oxygens (including phenoxy) is 2. The number of amides is 1. The third-order valence-corrected chi connectivity index (χ3v) is 7.07. The molecule has 33 heavy (non-hydrogen) atoms. The number of thiocarbonyl (C=S) groups is 1. The average molecular weight is 478 g/mol. The summed E-state index contributed by atoms with van der Waals surface area (Å²) < 4.78 is 13.4. The second-order valence-electron chi connectivity index (χ2n) is 7.87. The SMILES string of the molecule is COc1ccc(-c2nn(-c3ccccc3)cc2/C=C2/SC(=S)N(CC3CCCO3)C2=O)cc1. The molecule has 1 aromatic heterocycles. The number of para-hydroxylation sites is 1. The summed E-state index contributed by atoms with van der Waals surface area (Å²) in [5, 5.41) is 4.84. The third kappa shape index (κ3) is 4.59. The first-order valence-electron chi connectivity index (χ1n) is 10.8. The van der Waals surface area contributed by atoms with E-state index in [0.29, 0.717) is 15.8 Å². The lowest BCUT2D eigenvalue weighted by molar-refractivity contribution is -0.123. The summed E-state index contributed by atoms with van der Waals surface area (Å²) in [7, 11) is 1.64. The molecule has 0 bridgehead atoms. The van der Waals surface area contributed by atoms with Crippen LogP contribution < -0.4 is 4.74 Å². The van der Waals surface area contributed by atoms with Gasteiger partial charge in [0.2, 0.25) is 0 Å². The maximum Gasteiger partial charge on any atom is 0.266 e. The Bertz CT molecular complexity index is 1200. The quantitative estimate of drug-likeness (QED) is 0.371. The standard InChI is InChI=1S/C25H23N3O3S2/c1-30-20-11-9-17(10-12-20)23-18(15-28(26-23)19-6-3-2-4-7-19)14-22-24(29)27(25(32)33-22)16-21-8-5-13-31-21/h2-4,6-7,9-12,14-15,21H,5,8,13,16H2,1H3/b22-14+. The highest BCUT2D eigenvalue weighted by atomic mass is 32.2. The molecule has 0 spiro atoms. The molecule has 6 nitrogen and oxygen atoms in total. The number of carbonyl (C=O) groups excluding carboxylic acids is 1. The van der Waals surface area contributed by atoms with E-state index in [1.807, 2.05) is 71.6 Å². The van der Waals surface area contributed by atoms with Crippen LogP contribution in [0.4, 0.5) is 0 Å². The zero-order valence-electron chi connectivity index (χ0n) is 18.1. The van der Waals surface area contributed by atoms with Crippen molar-refractivity contribution in [2.24, 2.45) is 0 Å². The molecule has 0 radical (unpaired) electrons. The molecular weight excluding hydrogens is 454 g/mol. The van der Waals surface area contributed by atoms with Crippen LogP contribution in [0.5, 0.6) is 5.75 Å². The minimum Gasteiger partial charge on any atom is -0.497 e. The molecule has 0 saturated carbocycles. The van der Waals surface area contributed by atoms with Gasteiger partial charge in [-0.1, -0.05) is 42.2 Å². The molecule has 0 N–H and O–H groups in total. The van der Waals surface area contributed by atoms with E-state index >= 15 is 0 Å². The van der Waals surface area contributed by atoms with Crippen LogP contribution >= 0.6 is 24.0 Å². The largest absolute Gasteiger partial charge is 0.497 e. The van der Waals surface area contributed by atoms with E-state index in [2.05, 4.69) is 0 Å². The fourth-order valence-corrected chi connectivity index (χ4v) is 5.24. The van der Waals surface area contributed by atoms with Gasteiger partial charge >= 0.3 is 0 Å². The van der Waals surface area contributed by atoms with Crippen molar-refractivity contribution < 1.29 is 14.3 Å². The van der Waals surface area contributed by atoms with E-state index in [4.69, 9.17) is 26.8 Å². The number of hydrogen-bond donors (Lipinski definition) is 0. The van der Waals surface area contributed by atoms with Crippen LogP contribution in [0.2, 0.25) is 0 Å². The Balaban J connectivity index is 1.50. The monoisotopic (exact) mass is 477 g/mol. The number of carbonyl (C=O) groups is 1. The summed E-state index contributed by atoms with van der Waals surface area (Å²) in [6.45, 7) is 1.26. The first-order chi connectivity index (χ1) is 16.1. The van der Waals surface area contributed by atoms with Gasteiger partial charge in [0.25, 0.3) is 5.91 Å². The second kappa shape index (κ2) is 9.51. The maximum atomic E-state index is 13.2. The van der Waals surface area contributed by atoms with Gasteiger partial charge in [-0.3, -0.25) is 9.69 Å². The molecule has 3 heterocycles. The fraction of sp³-hybridized carbons (Fsp3) is 0.240. The zero-order chi connectivity index (χ0) is 22.8.